The highest BCUT2D eigenvalue weighted by molar-refractivity contribution is 5.82. The summed E-state index contributed by atoms with van der Waals surface area (Å²) in [5.74, 6) is -0.554. The minimum absolute atomic E-state index is 0.118. The van der Waals surface area contributed by atoms with Crippen LogP contribution >= 0.6 is 0 Å². The molecule has 3 N–H and O–H groups in total. The molecule has 0 radical (unpaired) electrons. The molecule has 96 valence electrons. The number of hydrogen-bond acceptors (Lipinski definition) is 3. The van der Waals surface area contributed by atoms with E-state index in [0.717, 1.165) is 4.90 Å². The topological polar surface area (TPSA) is 66.6 Å². The second-order valence-electron chi connectivity index (χ2n) is 4.74. The molecule has 1 atom stereocenters. The summed E-state index contributed by atoms with van der Waals surface area (Å²) in [6.45, 7) is 4.12. The summed E-state index contributed by atoms with van der Waals surface area (Å²) in [6, 6.07) is -0.849. The molecule has 0 aliphatic carbocycles. The zero-order chi connectivity index (χ0) is 12.9. The van der Waals surface area contributed by atoms with Crippen molar-refractivity contribution in [2.75, 3.05) is 19.7 Å². The zero-order valence-electron chi connectivity index (χ0n) is 9.91. The van der Waals surface area contributed by atoms with Crippen LogP contribution in [0.3, 0.4) is 0 Å². The first kappa shape index (κ1) is 15.2. The largest absolute Gasteiger partial charge is 0.395 e. The molecule has 6 heteroatoms. The lowest BCUT2D eigenvalue weighted by molar-refractivity contribution is -0.137. The Bertz CT molecular complexity index is 229. The molecule has 4 nitrogen and oxygen atoms in total. The quantitative estimate of drug-likeness (QED) is 0.730. The SMILES string of the molecule is CC(C)(C)[C@H](N)C(=O)N(CCO)CC(F)F. The number of nitrogens with two attached hydrogens (primary N) is 1. The molecular weight excluding hydrogens is 218 g/mol. The maximum Gasteiger partial charge on any atom is 0.255 e. The third-order valence-electron chi connectivity index (χ3n) is 2.24. The maximum absolute atomic E-state index is 12.2. The van der Waals surface area contributed by atoms with Crippen LogP contribution in [0.1, 0.15) is 20.8 Å². The fourth-order valence-corrected chi connectivity index (χ4v) is 1.15. The van der Waals surface area contributed by atoms with Gasteiger partial charge >= 0.3 is 0 Å². The third-order valence-corrected chi connectivity index (χ3v) is 2.24. The molecule has 0 fully saturated rings. The van der Waals surface area contributed by atoms with Crippen LogP contribution in [-0.4, -0.2) is 48.1 Å². The van der Waals surface area contributed by atoms with Crippen LogP contribution < -0.4 is 5.73 Å². The van der Waals surface area contributed by atoms with Gasteiger partial charge in [-0.1, -0.05) is 20.8 Å². The van der Waals surface area contributed by atoms with E-state index in [4.69, 9.17) is 10.8 Å². The molecule has 0 aliphatic rings. The molecule has 0 unspecified atom stereocenters. The van der Waals surface area contributed by atoms with Crippen LogP contribution in [0.2, 0.25) is 0 Å². The Morgan fingerprint density at radius 3 is 2.25 bits per heavy atom. The van der Waals surface area contributed by atoms with Gasteiger partial charge in [0.2, 0.25) is 5.91 Å². The zero-order valence-corrected chi connectivity index (χ0v) is 9.91. The second kappa shape index (κ2) is 6.10. The Balaban J connectivity index is 4.60. The highest BCUT2D eigenvalue weighted by Crippen LogP contribution is 2.19. The van der Waals surface area contributed by atoms with Crippen LogP contribution in [-0.2, 0) is 4.79 Å². The van der Waals surface area contributed by atoms with Crippen molar-refractivity contribution in [3.8, 4) is 0 Å². The van der Waals surface area contributed by atoms with Gasteiger partial charge in [0.15, 0.2) is 0 Å². The van der Waals surface area contributed by atoms with Crippen molar-refractivity contribution in [1.82, 2.24) is 4.90 Å². The Hall–Kier alpha value is -0.750. The molecule has 16 heavy (non-hydrogen) atoms. The molecule has 0 rings (SSSR count). The predicted octanol–water partition coefficient (Wildman–Crippen LogP) is 0.446. The van der Waals surface area contributed by atoms with Crippen molar-refractivity contribution in [3.63, 3.8) is 0 Å². The van der Waals surface area contributed by atoms with E-state index in [2.05, 4.69) is 0 Å². The van der Waals surface area contributed by atoms with E-state index >= 15 is 0 Å². The van der Waals surface area contributed by atoms with Crippen molar-refractivity contribution in [1.29, 1.82) is 0 Å². The number of halogens is 2. The number of alkyl halides is 2. The summed E-state index contributed by atoms with van der Waals surface area (Å²) in [6.07, 6.45) is -2.62. The van der Waals surface area contributed by atoms with Gasteiger partial charge in [-0.3, -0.25) is 4.79 Å². The van der Waals surface area contributed by atoms with Crippen molar-refractivity contribution >= 4 is 5.91 Å². The van der Waals surface area contributed by atoms with E-state index in [1.807, 2.05) is 0 Å². The average molecular weight is 238 g/mol. The van der Waals surface area contributed by atoms with Crippen molar-refractivity contribution in [2.24, 2.45) is 11.1 Å². The molecule has 0 aromatic rings. The number of aliphatic hydroxyl groups excluding tert-OH is 1. The van der Waals surface area contributed by atoms with Crippen LogP contribution in [0.25, 0.3) is 0 Å². The molecule has 0 bridgehead atoms. The van der Waals surface area contributed by atoms with E-state index < -0.39 is 30.3 Å². The van der Waals surface area contributed by atoms with Crippen molar-refractivity contribution < 1.29 is 18.7 Å². The Labute approximate surface area is 94.4 Å². The molecule has 0 heterocycles. The number of hydrogen-bond donors (Lipinski definition) is 2. The Morgan fingerprint density at radius 2 is 1.94 bits per heavy atom. The molecule has 1 amide bonds. The van der Waals surface area contributed by atoms with Gasteiger partial charge < -0.3 is 15.7 Å². The van der Waals surface area contributed by atoms with E-state index in [0.29, 0.717) is 0 Å². The number of amides is 1. The lowest BCUT2D eigenvalue weighted by atomic mass is 9.86. The first-order valence-corrected chi connectivity index (χ1v) is 5.13. The number of carbonyl (C=O) groups is 1. The first-order valence-electron chi connectivity index (χ1n) is 5.13. The van der Waals surface area contributed by atoms with Gasteiger partial charge in [-0.2, -0.15) is 0 Å². The minimum Gasteiger partial charge on any atom is -0.395 e. The lowest BCUT2D eigenvalue weighted by Crippen LogP contribution is -2.52. The normalized spacial score (nSPS) is 14.0. The molecule has 0 aromatic carbocycles. The molecule has 0 saturated carbocycles. The van der Waals surface area contributed by atoms with Gasteiger partial charge in [0.05, 0.1) is 19.2 Å². The molecular formula is C10H20F2N2O2. The summed E-state index contributed by atoms with van der Waals surface area (Å²) in [5.41, 5.74) is 5.19. The number of aliphatic hydroxyl groups is 1. The van der Waals surface area contributed by atoms with Crippen molar-refractivity contribution in [2.45, 2.75) is 33.2 Å². The van der Waals surface area contributed by atoms with Gasteiger partial charge in [0, 0.05) is 6.54 Å². The number of carbonyl (C=O) groups excluding carboxylic acids is 1. The summed E-state index contributed by atoms with van der Waals surface area (Å²) >= 11 is 0. The minimum atomic E-state index is -2.62. The highest BCUT2D eigenvalue weighted by Gasteiger charge is 2.31. The Kier molecular flexibility index (Phi) is 5.81. The lowest BCUT2D eigenvalue weighted by Gasteiger charge is -2.31. The summed E-state index contributed by atoms with van der Waals surface area (Å²) in [7, 11) is 0. The van der Waals surface area contributed by atoms with E-state index in [9.17, 15) is 13.6 Å². The predicted molar refractivity (Wildman–Crippen MR) is 57.1 cm³/mol. The number of nitrogens with zero attached hydrogens (tertiary/aromatic N) is 1. The van der Waals surface area contributed by atoms with Crippen LogP contribution in [0.15, 0.2) is 0 Å². The second-order valence-corrected chi connectivity index (χ2v) is 4.74. The van der Waals surface area contributed by atoms with Crippen LogP contribution in [0, 0.1) is 5.41 Å². The fraction of sp³-hybridized carbons (Fsp3) is 0.900. The molecule has 0 saturated heterocycles. The third kappa shape index (κ3) is 4.85. The number of rotatable bonds is 5. The maximum atomic E-state index is 12.2. The molecule has 0 aromatic heterocycles. The smallest absolute Gasteiger partial charge is 0.255 e. The summed E-state index contributed by atoms with van der Waals surface area (Å²) in [4.78, 5) is 12.7. The van der Waals surface area contributed by atoms with Gasteiger partial charge in [0.1, 0.15) is 0 Å². The van der Waals surface area contributed by atoms with Crippen LogP contribution in [0.4, 0.5) is 8.78 Å². The van der Waals surface area contributed by atoms with Crippen LogP contribution in [0.5, 0.6) is 0 Å². The monoisotopic (exact) mass is 238 g/mol. The van der Waals surface area contributed by atoms with Gasteiger partial charge in [-0.05, 0) is 5.41 Å². The molecule has 0 spiro atoms. The van der Waals surface area contributed by atoms with E-state index in [1.54, 1.807) is 20.8 Å². The first-order chi connectivity index (χ1) is 7.20. The van der Waals surface area contributed by atoms with E-state index in [-0.39, 0.29) is 13.2 Å². The average Bonchev–Trinajstić information content (AvgIpc) is 2.12. The molecule has 0 aliphatic heterocycles. The standard InChI is InChI=1S/C10H20F2N2O2/c1-10(2,3)8(13)9(16)14(4-5-15)6-7(11)12/h7-8,15H,4-6,13H2,1-3H3/t8-/m1/s1. The van der Waals surface area contributed by atoms with Gasteiger partial charge in [-0.25, -0.2) is 8.78 Å². The van der Waals surface area contributed by atoms with Gasteiger partial charge in [-0.15, -0.1) is 0 Å². The highest BCUT2D eigenvalue weighted by atomic mass is 19.3. The summed E-state index contributed by atoms with van der Waals surface area (Å²) in [5, 5.41) is 8.70. The van der Waals surface area contributed by atoms with Gasteiger partial charge in [0.25, 0.3) is 6.43 Å². The Morgan fingerprint density at radius 1 is 1.44 bits per heavy atom. The van der Waals surface area contributed by atoms with Crippen molar-refractivity contribution in [3.05, 3.63) is 0 Å². The van der Waals surface area contributed by atoms with E-state index in [1.165, 1.54) is 0 Å². The summed E-state index contributed by atoms with van der Waals surface area (Å²) < 4.78 is 24.4. The fourth-order valence-electron chi connectivity index (χ4n) is 1.15.